The molecule has 0 spiro atoms. The smallest absolute Gasteiger partial charge is 0.251 e. The van der Waals surface area contributed by atoms with E-state index in [0.29, 0.717) is 11.3 Å². The largest absolute Gasteiger partial charge is 0.349 e. The van der Waals surface area contributed by atoms with E-state index < -0.39 is 10.8 Å². The van der Waals surface area contributed by atoms with E-state index in [9.17, 15) is 9.00 Å². The molecule has 0 aliphatic heterocycles. The Bertz CT molecular complexity index is 389. The quantitative estimate of drug-likeness (QED) is 0.802. The van der Waals surface area contributed by atoms with Crippen LogP contribution >= 0.6 is 12.6 Å². The Labute approximate surface area is 103 Å². The second kappa shape index (κ2) is 6.06. The molecule has 0 saturated carbocycles. The van der Waals surface area contributed by atoms with Gasteiger partial charge in [-0.3, -0.25) is 9.00 Å². The van der Waals surface area contributed by atoms with E-state index in [4.69, 9.17) is 0 Å². The van der Waals surface area contributed by atoms with Crippen molar-refractivity contribution in [2.75, 3.05) is 12.0 Å². The van der Waals surface area contributed by atoms with E-state index in [2.05, 4.69) is 17.9 Å². The van der Waals surface area contributed by atoms with Crippen LogP contribution in [-0.2, 0) is 10.8 Å². The van der Waals surface area contributed by atoms with E-state index in [1.54, 1.807) is 30.5 Å². The van der Waals surface area contributed by atoms with E-state index >= 15 is 0 Å². The predicted octanol–water partition coefficient (Wildman–Crippen LogP) is 1.47. The molecule has 16 heavy (non-hydrogen) atoms. The molecule has 5 heteroatoms. The average molecular weight is 257 g/mol. The fourth-order valence-electron chi connectivity index (χ4n) is 1.31. The first kappa shape index (κ1) is 13.3. The lowest BCUT2D eigenvalue weighted by atomic mass is 10.2. The lowest BCUT2D eigenvalue weighted by Crippen LogP contribution is -2.36. The SMILES string of the molecule is CC(CS(C)=O)NC(=O)c1ccc(S)cc1. The highest BCUT2D eigenvalue weighted by atomic mass is 32.2. The average Bonchev–Trinajstić information content (AvgIpc) is 2.16. The van der Waals surface area contributed by atoms with Gasteiger partial charge in [-0.15, -0.1) is 12.6 Å². The number of nitrogens with one attached hydrogen (secondary N) is 1. The molecule has 1 N–H and O–H groups in total. The van der Waals surface area contributed by atoms with Gasteiger partial charge in [0.15, 0.2) is 0 Å². The topological polar surface area (TPSA) is 46.2 Å². The lowest BCUT2D eigenvalue weighted by Gasteiger charge is -2.12. The van der Waals surface area contributed by atoms with Crippen LogP contribution in [0.2, 0.25) is 0 Å². The lowest BCUT2D eigenvalue weighted by molar-refractivity contribution is 0.0943. The third-order valence-corrected chi connectivity index (χ3v) is 3.26. The van der Waals surface area contributed by atoms with Crippen LogP contribution in [0.5, 0.6) is 0 Å². The van der Waals surface area contributed by atoms with Crippen LogP contribution in [0, 0.1) is 0 Å². The van der Waals surface area contributed by atoms with Crippen LogP contribution in [0.4, 0.5) is 0 Å². The minimum Gasteiger partial charge on any atom is -0.349 e. The van der Waals surface area contributed by atoms with Gasteiger partial charge in [0.2, 0.25) is 0 Å². The van der Waals surface area contributed by atoms with Crippen LogP contribution in [0.3, 0.4) is 0 Å². The summed E-state index contributed by atoms with van der Waals surface area (Å²) < 4.78 is 11.0. The van der Waals surface area contributed by atoms with Gasteiger partial charge in [0.05, 0.1) is 0 Å². The molecule has 0 fully saturated rings. The maximum Gasteiger partial charge on any atom is 0.251 e. The monoisotopic (exact) mass is 257 g/mol. The molecule has 0 heterocycles. The molecule has 1 amide bonds. The zero-order valence-electron chi connectivity index (χ0n) is 9.27. The van der Waals surface area contributed by atoms with Gasteiger partial charge < -0.3 is 5.32 Å². The van der Waals surface area contributed by atoms with Gasteiger partial charge in [-0.1, -0.05) is 0 Å². The Balaban J connectivity index is 2.58. The Morgan fingerprint density at radius 3 is 2.50 bits per heavy atom. The fourth-order valence-corrected chi connectivity index (χ4v) is 2.25. The number of amides is 1. The summed E-state index contributed by atoms with van der Waals surface area (Å²) >= 11 is 4.14. The molecular formula is C11H15NO2S2. The number of thiol groups is 1. The Hall–Kier alpha value is -0.810. The number of benzene rings is 1. The minimum absolute atomic E-state index is 0.0889. The molecule has 3 nitrogen and oxygen atoms in total. The normalized spacial score (nSPS) is 14.2. The summed E-state index contributed by atoms with van der Waals surface area (Å²) in [5, 5.41) is 2.79. The Kier molecular flexibility index (Phi) is 5.02. The number of hydrogen-bond acceptors (Lipinski definition) is 3. The van der Waals surface area contributed by atoms with Crippen molar-refractivity contribution in [2.45, 2.75) is 17.9 Å². The van der Waals surface area contributed by atoms with Crippen LogP contribution in [0.15, 0.2) is 29.2 Å². The molecular weight excluding hydrogens is 242 g/mol. The van der Waals surface area contributed by atoms with E-state index in [1.807, 2.05) is 6.92 Å². The summed E-state index contributed by atoms with van der Waals surface area (Å²) in [6, 6.07) is 6.87. The maximum absolute atomic E-state index is 11.7. The third kappa shape index (κ3) is 4.37. The van der Waals surface area contributed by atoms with Gasteiger partial charge in [-0.05, 0) is 31.2 Å². The molecule has 2 unspecified atom stereocenters. The van der Waals surface area contributed by atoms with E-state index in [-0.39, 0.29) is 11.9 Å². The van der Waals surface area contributed by atoms with Gasteiger partial charge in [0, 0.05) is 39.3 Å². The van der Waals surface area contributed by atoms with Crippen LogP contribution in [0.25, 0.3) is 0 Å². The van der Waals surface area contributed by atoms with E-state index in [1.165, 1.54) is 0 Å². The number of carbonyl (C=O) groups excluding carboxylic acids is 1. The van der Waals surface area contributed by atoms with Crippen molar-refractivity contribution in [2.24, 2.45) is 0 Å². The molecule has 0 aliphatic rings. The van der Waals surface area contributed by atoms with Crippen molar-refractivity contribution < 1.29 is 9.00 Å². The predicted molar refractivity (Wildman–Crippen MR) is 69.6 cm³/mol. The molecule has 2 atom stereocenters. The van der Waals surface area contributed by atoms with Crippen molar-refractivity contribution in [1.29, 1.82) is 0 Å². The number of carbonyl (C=O) groups is 1. The van der Waals surface area contributed by atoms with Gasteiger partial charge in [0.1, 0.15) is 0 Å². The highest BCUT2D eigenvalue weighted by Crippen LogP contribution is 2.07. The standard InChI is InChI=1S/C11H15NO2S2/c1-8(7-16(2)14)12-11(13)9-3-5-10(15)6-4-9/h3-6,8,15H,7H2,1-2H3,(H,12,13). The molecule has 0 aliphatic carbocycles. The molecule has 1 rings (SSSR count). The summed E-state index contributed by atoms with van der Waals surface area (Å²) in [6.45, 7) is 1.84. The first-order valence-electron chi connectivity index (χ1n) is 4.89. The second-order valence-corrected chi connectivity index (χ2v) is 5.66. The number of hydrogen-bond donors (Lipinski definition) is 2. The molecule has 0 aromatic heterocycles. The highest BCUT2D eigenvalue weighted by molar-refractivity contribution is 7.84. The first-order valence-corrected chi connectivity index (χ1v) is 7.06. The highest BCUT2D eigenvalue weighted by Gasteiger charge is 2.10. The minimum atomic E-state index is -0.899. The number of rotatable bonds is 4. The summed E-state index contributed by atoms with van der Waals surface area (Å²) in [4.78, 5) is 12.5. The van der Waals surface area contributed by atoms with Gasteiger partial charge in [-0.2, -0.15) is 0 Å². The van der Waals surface area contributed by atoms with Crippen LogP contribution in [0.1, 0.15) is 17.3 Å². The summed E-state index contributed by atoms with van der Waals surface area (Å²) in [6.07, 6.45) is 1.62. The maximum atomic E-state index is 11.7. The van der Waals surface area contributed by atoms with E-state index in [0.717, 1.165) is 4.90 Å². The van der Waals surface area contributed by atoms with Gasteiger partial charge >= 0.3 is 0 Å². The second-order valence-electron chi connectivity index (χ2n) is 3.66. The fraction of sp³-hybridized carbons (Fsp3) is 0.364. The third-order valence-electron chi connectivity index (χ3n) is 1.99. The van der Waals surface area contributed by atoms with Crippen molar-refractivity contribution >= 4 is 29.3 Å². The zero-order valence-corrected chi connectivity index (χ0v) is 11.0. The van der Waals surface area contributed by atoms with Crippen molar-refractivity contribution in [3.63, 3.8) is 0 Å². The van der Waals surface area contributed by atoms with Crippen LogP contribution in [-0.4, -0.2) is 28.2 Å². The van der Waals surface area contributed by atoms with Crippen molar-refractivity contribution in [3.8, 4) is 0 Å². The van der Waals surface area contributed by atoms with Crippen molar-refractivity contribution in [1.82, 2.24) is 5.32 Å². The van der Waals surface area contributed by atoms with Gasteiger partial charge in [0.25, 0.3) is 5.91 Å². The molecule has 1 aromatic carbocycles. The summed E-state index contributed by atoms with van der Waals surface area (Å²) in [5.41, 5.74) is 0.589. The molecule has 1 aromatic rings. The van der Waals surface area contributed by atoms with Crippen molar-refractivity contribution in [3.05, 3.63) is 29.8 Å². The summed E-state index contributed by atoms with van der Waals surface area (Å²) in [5.74, 6) is 0.322. The first-order chi connectivity index (χ1) is 7.49. The Morgan fingerprint density at radius 1 is 1.44 bits per heavy atom. The molecule has 0 radical (unpaired) electrons. The van der Waals surface area contributed by atoms with Gasteiger partial charge in [-0.25, -0.2) is 0 Å². The molecule has 88 valence electrons. The molecule has 0 saturated heterocycles. The molecule has 0 bridgehead atoms. The zero-order chi connectivity index (χ0) is 12.1. The Morgan fingerprint density at radius 2 is 2.00 bits per heavy atom. The summed E-state index contributed by atoms with van der Waals surface area (Å²) in [7, 11) is -0.899. The van der Waals surface area contributed by atoms with Crippen LogP contribution < -0.4 is 5.32 Å².